The van der Waals surface area contributed by atoms with Gasteiger partial charge in [-0.1, -0.05) is 26.7 Å². The fourth-order valence-electron chi connectivity index (χ4n) is 1.59. The molecule has 0 spiro atoms. The van der Waals surface area contributed by atoms with Crippen molar-refractivity contribution < 1.29 is 4.79 Å². The van der Waals surface area contributed by atoms with Gasteiger partial charge in [-0.05, 0) is 19.8 Å². The summed E-state index contributed by atoms with van der Waals surface area (Å²) in [6.07, 6.45) is 4.23. The number of aromatic amines is 1. The van der Waals surface area contributed by atoms with Crippen molar-refractivity contribution in [3.63, 3.8) is 0 Å². The highest BCUT2D eigenvalue weighted by Gasteiger charge is 2.18. The van der Waals surface area contributed by atoms with E-state index in [1.54, 1.807) is 6.92 Å². The van der Waals surface area contributed by atoms with E-state index < -0.39 is 0 Å². The number of unbranched alkanes of at least 4 members (excludes halogenated alkanes) is 2. The molecule has 5 heteroatoms. The lowest BCUT2D eigenvalue weighted by Gasteiger charge is -2.20. The topological polar surface area (TPSA) is 61.9 Å². The van der Waals surface area contributed by atoms with E-state index in [4.69, 9.17) is 0 Å². The molecule has 1 aromatic rings. The van der Waals surface area contributed by atoms with Crippen LogP contribution < -0.4 is 0 Å². The molecule has 1 heterocycles. The van der Waals surface area contributed by atoms with Crippen LogP contribution in [0.1, 0.15) is 56.0 Å². The number of aryl methyl sites for hydroxylation is 1. The van der Waals surface area contributed by atoms with E-state index in [9.17, 15) is 4.79 Å². The van der Waals surface area contributed by atoms with E-state index in [0.29, 0.717) is 5.82 Å². The predicted molar refractivity (Wildman–Crippen MR) is 66.8 cm³/mol. The minimum absolute atomic E-state index is 0.0590. The van der Waals surface area contributed by atoms with Crippen molar-refractivity contribution in [3.8, 4) is 0 Å². The summed E-state index contributed by atoms with van der Waals surface area (Å²) in [6, 6.07) is 0. The lowest BCUT2D eigenvalue weighted by molar-refractivity contribution is 0.0739. The molecule has 5 nitrogen and oxygen atoms in total. The van der Waals surface area contributed by atoms with Gasteiger partial charge in [0.2, 0.25) is 5.82 Å². The molecule has 0 saturated carbocycles. The van der Waals surface area contributed by atoms with Gasteiger partial charge >= 0.3 is 0 Å². The Bertz CT molecular complexity index is 340. The van der Waals surface area contributed by atoms with Gasteiger partial charge in [0.1, 0.15) is 5.82 Å². The van der Waals surface area contributed by atoms with Crippen LogP contribution in [0, 0.1) is 6.92 Å². The highest BCUT2D eigenvalue weighted by Crippen LogP contribution is 2.04. The molecular formula is C12H22N4O. The largest absolute Gasteiger partial charge is 0.336 e. The molecule has 1 aromatic heterocycles. The van der Waals surface area contributed by atoms with Crippen LogP contribution in [0.25, 0.3) is 0 Å². The summed E-state index contributed by atoms with van der Waals surface area (Å²) in [5.41, 5.74) is 0. The molecule has 0 radical (unpaired) electrons. The number of nitrogens with zero attached hydrogens (tertiary/aromatic N) is 3. The first-order chi connectivity index (χ1) is 8.19. The highest BCUT2D eigenvalue weighted by molar-refractivity contribution is 5.90. The Morgan fingerprint density at radius 1 is 1.24 bits per heavy atom. The third-order valence-electron chi connectivity index (χ3n) is 2.64. The molecule has 96 valence electrons. The molecule has 0 aliphatic rings. The fourth-order valence-corrected chi connectivity index (χ4v) is 1.59. The number of H-pyrrole nitrogens is 1. The SMILES string of the molecule is CCCCN(CCCC)C(=O)c1n[nH]c(C)n1. The molecule has 0 aromatic carbocycles. The van der Waals surface area contributed by atoms with Crippen molar-refractivity contribution in [2.75, 3.05) is 13.1 Å². The number of hydrogen-bond acceptors (Lipinski definition) is 3. The second kappa shape index (κ2) is 7.04. The molecule has 17 heavy (non-hydrogen) atoms. The van der Waals surface area contributed by atoms with Gasteiger partial charge in [0.05, 0.1) is 0 Å². The van der Waals surface area contributed by atoms with Gasteiger partial charge in [-0.2, -0.15) is 0 Å². The van der Waals surface area contributed by atoms with Crippen LogP contribution in [0.5, 0.6) is 0 Å². The Balaban J connectivity index is 2.64. The third kappa shape index (κ3) is 4.17. The molecule has 0 aliphatic heterocycles. The molecule has 0 atom stereocenters. The zero-order chi connectivity index (χ0) is 12.7. The van der Waals surface area contributed by atoms with Gasteiger partial charge in [-0.15, -0.1) is 5.10 Å². The van der Waals surface area contributed by atoms with E-state index >= 15 is 0 Å². The summed E-state index contributed by atoms with van der Waals surface area (Å²) in [7, 11) is 0. The van der Waals surface area contributed by atoms with Gasteiger partial charge in [0, 0.05) is 13.1 Å². The quantitative estimate of drug-likeness (QED) is 0.791. The normalized spacial score (nSPS) is 10.5. The summed E-state index contributed by atoms with van der Waals surface area (Å²) in [6.45, 7) is 7.64. The Labute approximate surface area is 103 Å². The molecule has 0 bridgehead atoms. The van der Waals surface area contributed by atoms with Gasteiger partial charge in [-0.3, -0.25) is 9.89 Å². The summed E-state index contributed by atoms with van der Waals surface area (Å²) in [4.78, 5) is 18.1. The minimum atomic E-state index is -0.0590. The van der Waals surface area contributed by atoms with Crippen LogP contribution in [0.3, 0.4) is 0 Å². The standard InChI is InChI=1S/C12H22N4O/c1-4-6-8-16(9-7-5-2)12(17)11-13-10(3)14-15-11/h4-9H2,1-3H3,(H,13,14,15). The maximum Gasteiger partial charge on any atom is 0.293 e. The monoisotopic (exact) mass is 238 g/mol. The first-order valence-electron chi connectivity index (χ1n) is 6.37. The van der Waals surface area contributed by atoms with Crippen LogP contribution in [0.2, 0.25) is 0 Å². The maximum absolute atomic E-state index is 12.2. The molecule has 0 fully saturated rings. The number of amides is 1. The highest BCUT2D eigenvalue weighted by atomic mass is 16.2. The van der Waals surface area contributed by atoms with Gasteiger partial charge in [0.15, 0.2) is 0 Å². The number of hydrogen-bond donors (Lipinski definition) is 1. The number of carbonyl (C=O) groups is 1. The van der Waals surface area contributed by atoms with Gasteiger partial charge in [-0.25, -0.2) is 4.98 Å². The number of nitrogens with one attached hydrogen (secondary N) is 1. The van der Waals surface area contributed by atoms with Gasteiger partial charge in [0.25, 0.3) is 5.91 Å². The Hall–Kier alpha value is -1.39. The second-order valence-electron chi connectivity index (χ2n) is 4.24. The summed E-state index contributed by atoms with van der Waals surface area (Å²) >= 11 is 0. The van der Waals surface area contributed by atoms with Crippen molar-refractivity contribution in [1.82, 2.24) is 20.1 Å². The van der Waals surface area contributed by atoms with Crippen molar-refractivity contribution >= 4 is 5.91 Å². The molecule has 0 unspecified atom stereocenters. The Kier molecular flexibility index (Phi) is 5.66. The van der Waals surface area contributed by atoms with Crippen molar-refractivity contribution in [3.05, 3.63) is 11.6 Å². The maximum atomic E-state index is 12.2. The molecular weight excluding hydrogens is 216 g/mol. The Morgan fingerprint density at radius 3 is 2.24 bits per heavy atom. The lowest BCUT2D eigenvalue weighted by atomic mass is 10.2. The van der Waals surface area contributed by atoms with Crippen LogP contribution in [-0.2, 0) is 0 Å². The van der Waals surface area contributed by atoms with Crippen molar-refractivity contribution in [2.45, 2.75) is 46.5 Å². The number of rotatable bonds is 7. The van der Waals surface area contributed by atoms with Crippen LogP contribution in [-0.4, -0.2) is 39.1 Å². The molecule has 1 rings (SSSR count). The predicted octanol–water partition coefficient (Wildman–Crippen LogP) is 2.16. The second-order valence-corrected chi connectivity index (χ2v) is 4.24. The van der Waals surface area contributed by atoms with E-state index in [2.05, 4.69) is 29.0 Å². The van der Waals surface area contributed by atoms with Crippen LogP contribution in [0.4, 0.5) is 0 Å². The third-order valence-corrected chi connectivity index (χ3v) is 2.64. The van der Waals surface area contributed by atoms with E-state index in [1.807, 2.05) is 4.90 Å². The fraction of sp³-hybridized carbons (Fsp3) is 0.750. The summed E-state index contributed by atoms with van der Waals surface area (Å²) < 4.78 is 0. The average molecular weight is 238 g/mol. The van der Waals surface area contributed by atoms with Crippen LogP contribution >= 0.6 is 0 Å². The molecule has 1 amide bonds. The minimum Gasteiger partial charge on any atom is -0.336 e. The first kappa shape index (κ1) is 13.7. The lowest BCUT2D eigenvalue weighted by Crippen LogP contribution is -2.33. The number of aromatic nitrogens is 3. The first-order valence-corrected chi connectivity index (χ1v) is 6.37. The van der Waals surface area contributed by atoms with Crippen molar-refractivity contribution in [1.29, 1.82) is 0 Å². The average Bonchev–Trinajstić information content (AvgIpc) is 2.75. The van der Waals surface area contributed by atoms with Crippen molar-refractivity contribution in [2.24, 2.45) is 0 Å². The van der Waals surface area contributed by atoms with E-state index in [1.165, 1.54) is 0 Å². The van der Waals surface area contributed by atoms with Crippen LogP contribution in [0.15, 0.2) is 0 Å². The molecule has 1 N–H and O–H groups in total. The summed E-state index contributed by atoms with van der Waals surface area (Å²) in [5.74, 6) is 0.908. The zero-order valence-electron chi connectivity index (χ0n) is 11.0. The number of carbonyl (C=O) groups excluding carboxylic acids is 1. The van der Waals surface area contributed by atoms with E-state index in [0.717, 1.165) is 38.8 Å². The molecule has 0 aliphatic carbocycles. The van der Waals surface area contributed by atoms with Gasteiger partial charge < -0.3 is 4.90 Å². The smallest absolute Gasteiger partial charge is 0.293 e. The summed E-state index contributed by atoms with van der Waals surface area (Å²) in [5, 5.41) is 6.63. The molecule has 0 saturated heterocycles. The zero-order valence-corrected chi connectivity index (χ0v) is 11.0. The van der Waals surface area contributed by atoms with E-state index in [-0.39, 0.29) is 11.7 Å². The Morgan fingerprint density at radius 2 is 1.82 bits per heavy atom.